The quantitative estimate of drug-likeness (QED) is 0.348. The molecule has 0 saturated heterocycles. The minimum absolute atomic E-state index is 0.105. The molecule has 0 radical (unpaired) electrons. The van der Waals surface area contributed by atoms with Gasteiger partial charge < -0.3 is 4.79 Å². The van der Waals surface area contributed by atoms with Crippen LogP contribution in [-0.4, -0.2) is 18.6 Å². The normalized spacial score (nSPS) is 20.1. The third-order valence-corrected chi connectivity index (χ3v) is 5.11. The minimum atomic E-state index is 0.105. The van der Waals surface area contributed by atoms with Crippen LogP contribution in [0.2, 0.25) is 0 Å². The standard InChI is InChI=1S/C13H25OP/c1-2-10-15-11-6-5-9-13(12-14)7-3-4-8-13/h12,15H,2-11H2,1H3. The monoisotopic (exact) mass is 228 g/mol. The Morgan fingerprint density at radius 2 is 1.93 bits per heavy atom. The Morgan fingerprint density at radius 1 is 1.20 bits per heavy atom. The Hall–Kier alpha value is 0.100. The third kappa shape index (κ3) is 4.64. The van der Waals surface area contributed by atoms with E-state index in [1.165, 1.54) is 50.7 Å². The van der Waals surface area contributed by atoms with E-state index >= 15 is 0 Å². The molecule has 0 aromatic rings. The van der Waals surface area contributed by atoms with Crippen LogP contribution >= 0.6 is 8.58 Å². The van der Waals surface area contributed by atoms with Crippen LogP contribution < -0.4 is 0 Å². The summed E-state index contributed by atoms with van der Waals surface area (Å²) in [7, 11) is 1.15. The van der Waals surface area contributed by atoms with Crippen LogP contribution in [0.3, 0.4) is 0 Å². The van der Waals surface area contributed by atoms with Crippen LogP contribution in [0.25, 0.3) is 0 Å². The Bertz CT molecular complexity index is 173. The molecule has 0 N–H and O–H groups in total. The molecule has 2 heteroatoms. The molecule has 0 amide bonds. The summed E-state index contributed by atoms with van der Waals surface area (Å²) >= 11 is 0. The first kappa shape index (κ1) is 13.2. The molecule has 0 aliphatic heterocycles. The first-order chi connectivity index (χ1) is 7.33. The topological polar surface area (TPSA) is 17.1 Å². The molecule has 1 atom stereocenters. The van der Waals surface area contributed by atoms with Crippen LogP contribution in [0.5, 0.6) is 0 Å². The number of carbonyl (C=O) groups is 1. The summed E-state index contributed by atoms with van der Waals surface area (Å²) in [6.45, 7) is 2.26. The van der Waals surface area contributed by atoms with Gasteiger partial charge in [-0.3, -0.25) is 0 Å². The molecule has 1 aliphatic rings. The van der Waals surface area contributed by atoms with Gasteiger partial charge in [0.15, 0.2) is 0 Å². The van der Waals surface area contributed by atoms with Crippen molar-refractivity contribution < 1.29 is 4.79 Å². The molecule has 0 spiro atoms. The number of hydrogen-bond acceptors (Lipinski definition) is 1. The maximum atomic E-state index is 11.1. The van der Waals surface area contributed by atoms with E-state index in [1.54, 1.807) is 0 Å². The lowest BCUT2D eigenvalue weighted by atomic mass is 9.83. The van der Waals surface area contributed by atoms with Gasteiger partial charge in [0.25, 0.3) is 0 Å². The number of unbranched alkanes of at least 4 members (excludes halogenated alkanes) is 1. The second-order valence-corrected chi connectivity index (χ2v) is 6.39. The Labute approximate surface area is 96.2 Å². The lowest BCUT2D eigenvalue weighted by Crippen LogP contribution is -2.17. The number of aldehydes is 1. The van der Waals surface area contributed by atoms with Crippen molar-refractivity contribution in [1.29, 1.82) is 0 Å². The highest BCUT2D eigenvalue weighted by Gasteiger charge is 2.32. The van der Waals surface area contributed by atoms with E-state index in [-0.39, 0.29) is 5.41 Å². The highest BCUT2D eigenvalue weighted by Crippen LogP contribution is 2.40. The van der Waals surface area contributed by atoms with E-state index in [1.807, 2.05) is 0 Å². The smallest absolute Gasteiger partial charge is 0.126 e. The summed E-state index contributed by atoms with van der Waals surface area (Å²) in [6, 6.07) is 0. The van der Waals surface area contributed by atoms with Crippen molar-refractivity contribution in [2.75, 3.05) is 12.3 Å². The first-order valence-electron chi connectivity index (χ1n) is 6.50. The molecular formula is C13H25OP. The molecule has 1 fully saturated rings. The van der Waals surface area contributed by atoms with Gasteiger partial charge >= 0.3 is 0 Å². The van der Waals surface area contributed by atoms with E-state index in [4.69, 9.17) is 0 Å². The number of rotatable bonds is 8. The average Bonchev–Trinajstić information content (AvgIpc) is 2.73. The van der Waals surface area contributed by atoms with Crippen LogP contribution in [-0.2, 0) is 4.79 Å². The Balaban J connectivity index is 2.05. The van der Waals surface area contributed by atoms with Gasteiger partial charge in [-0.1, -0.05) is 32.6 Å². The summed E-state index contributed by atoms with van der Waals surface area (Å²) in [5.74, 6) is 0. The van der Waals surface area contributed by atoms with Crippen molar-refractivity contribution in [1.82, 2.24) is 0 Å². The van der Waals surface area contributed by atoms with E-state index in [2.05, 4.69) is 6.92 Å². The van der Waals surface area contributed by atoms with Gasteiger partial charge in [-0.15, -0.1) is 8.58 Å². The predicted molar refractivity (Wildman–Crippen MR) is 69.2 cm³/mol. The molecule has 1 unspecified atom stereocenters. The van der Waals surface area contributed by atoms with Crippen molar-refractivity contribution in [3.8, 4) is 0 Å². The van der Waals surface area contributed by atoms with E-state index in [0.29, 0.717) is 0 Å². The Morgan fingerprint density at radius 3 is 2.53 bits per heavy atom. The summed E-state index contributed by atoms with van der Waals surface area (Å²) in [5, 5.41) is 0. The fraction of sp³-hybridized carbons (Fsp3) is 0.923. The maximum absolute atomic E-state index is 11.1. The average molecular weight is 228 g/mol. The first-order valence-corrected chi connectivity index (χ1v) is 7.91. The lowest BCUT2D eigenvalue weighted by molar-refractivity contribution is -0.116. The van der Waals surface area contributed by atoms with Gasteiger partial charge in [-0.25, -0.2) is 0 Å². The number of carbonyl (C=O) groups excluding carboxylic acids is 1. The molecule has 0 bridgehead atoms. The third-order valence-electron chi connectivity index (χ3n) is 3.55. The Kier molecular flexibility index (Phi) is 6.48. The van der Waals surface area contributed by atoms with Gasteiger partial charge in [-0.05, 0) is 38.0 Å². The largest absolute Gasteiger partial charge is 0.303 e. The van der Waals surface area contributed by atoms with E-state index < -0.39 is 0 Å². The van der Waals surface area contributed by atoms with Crippen molar-refractivity contribution in [2.45, 2.75) is 58.3 Å². The summed E-state index contributed by atoms with van der Waals surface area (Å²) in [4.78, 5) is 11.1. The molecule has 1 nitrogen and oxygen atoms in total. The number of hydrogen-bond donors (Lipinski definition) is 0. The van der Waals surface area contributed by atoms with Crippen molar-refractivity contribution in [2.24, 2.45) is 5.41 Å². The lowest BCUT2D eigenvalue weighted by Gasteiger charge is -2.21. The van der Waals surface area contributed by atoms with Crippen LogP contribution in [0.4, 0.5) is 0 Å². The molecule has 88 valence electrons. The van der Waals surface area contributed by atoms with Crippen molar-refractivity contribution in [3.05, 3.63) is 0 Å². The van der Waals surface area contributed by atoms with Gasteiger partial charge in [0.1, 0.15) is 6.29 Å². The molecule has 0 heterocycles. The van der Waals surface area contributed by atoms with E-state index in [9.17, 15) is 4.79 Å². The fourth-order valence-corrected chi connectivity index (χ4v) is 3.64. The van der Waals surface area contributed by atoms with Crippen molar-refractivity contribution in [3.63, 3.8) is 0 Å². The molecule has 0 aromatic carbocycles. The maximum Gasteiger partial charge on any atom is 0.126 e. The zero-order valence-electron chi connectivity index (χ0n) is 10.1. The van der Waals surface area contributed by atoms with E-state index in [0.717, 1.165) is 27.8 Å². The minimum Gasteiger partial charge on any atom is -0.303 e. The molecule has 15 heavy (non-hydrogen) atoms. The van der Waals surface area contributed by atoms with Crippen LogP contribution in [0.1, 0.15) is 58.3 Å². The SMILES string of the molecule is CCCPCCCCC1(C=O)CCCC1. The van der Waals surface area contributed by atoms with Gasteiger partial charge in [-0.2, -0.15) is 0 Å². The predicted octanol–water partition coefficient (Wildman–Crippen LogP) is 4.00. The molecular weight excluding hydrogens is 203 g/mol. The van der Waals surface area contributed by atoms with Gasteiger partial charge in [0, 0.05) is 5.41 Å². The molecule has 1 saturated carbocycles. The molecule has 1 aliphatic carbocycles. The second kappa shape index (κ2) is 7.39. The highest BCUT2D eigenvalue weighted by atomic mass is 31.1. The molecule has 0 aromatic heterocycles. The fourth-order valence-electron chi connectivity index (χ4n) is 2.53. The summed E-state index contributed by atoms with van der Waals surface area (Å²) < 4.78 is 0. The highest BCUT2D eigenvalue weighted by molar-refractivity contribution is 7.37. The zero-order valence-corrected chi connectivity index (χ0v) is 11.1. The van der Waals surface area contributed by atoms with Crippen molar-refractivity contribution >= 4 is 14.9 Å². The van der Waals surface area contributed by atoms with Gasteiger partial charge in [0.2, 0.25) is 0 Å². The zero-order chi connectivity index (χ0) is 11.0. The molecule has 1 rings (SSSR count). The summed E-state index contributed by atoms with van der Waals surface area (Å²) in [5.41, 5.74) is 0.105. The van der Waals surface area contributed by atoms with Crippen LogP contribution in [0.15, 0.2) is 0 Å². The van der Waals surface area contributed by atoms with Gasteiger partial charge in [0.05, 0.1) is 0 Å². The summed E-state index contributed by atoms with van der Waals surface area (Å²) in [6.07, 6.45) is 14.0. The second-order valence-electron chi connectivity index (χ2n) is 4.89. The van der Waals surface area contributed by atoms with Crippen LogP contribution in [0, 0.1) is 5.41 Å².